The molecule has 1 aromatic rings. The molecule has 0 bridgehead atoms. The molecule has 1 aliphatic rings. The highest BCUT2D eigenvalue weighted by atomic mass is 16.5. The number of ether oxygens (including phenoxy) is 1. The second-order valence-corrected chi connectivity index (χ2v) is 4.44. The quantitative estimate of drug-likeness (QED) is 0.767. The van der Waals surface area contributed by atoms with E-state index in [-0.39, 0.29) is 0 Å². The number of anilines is 1. The van der Waals surface area contributed by atoms with E-state index in [2.05, 4.69) is 23.3 Å². The molecule has 3 nitrogen and oxygen atoms in total. The van der Waals surface area contributed by atoms with E-state index in [1.165, 1.54) is 12.8 Å². The summed E-state index contributed by atoms with van der Waals surface area (Å²) in [4.78, 5) is 4.34. The molecule has 2 rings (SSSR count). The van der Waals surface area contributed by atoms with E-state index in [0.29, 0.717) is 6.61 Å². The van der Waals surface area contributed by atoms with Crippen molar-refractivity contribution in [1.82, 2.24) is 4.98 Å². The van der Waals surface area contributed by atoms with E-state index in [1.54, 1.807) is 0 Å². The minimum absolute atomic E-state index is 0.692. The summed E-state index contributed by atoms with van der Waals surface area (Å²) in [5, 5.41) is 3.25. The first-order valence-electron chi connectivity index (χ1n) is 6.15. The van der Waals surface area contributed by atoms with E-state index in [0.717, 1.165) is 36.9 Å². The average molecular weight is 220 g/mol. The van der Waals surface area contributed by atoms with Crippen molar-refractivity contribution < 1.29 is 4.74 Å². The Balaban J connectivity index is 1.72. The molecule has 0 saturated heterocycles. The summed E-state index contributed by atoms with van der Waals surface area (Å²) in [6, 6.07) is 4.10. The smallest absolute Gasteiger partial charge is 0.125 e. The van der Waals surface area contributed by atoms with E-state index in [4.69, 9.17) is 4.74 Å². The van der Waals surface area contributed by atoms with Crippen molar-refractivity contribution >= 4 is 5.82 Å². The van der Waals surface area contributed by atoms with Crippen LogP contribution in [0.1, 0.15) is 31.7 Å². The van der Waals surface area contributed by atoms with Gasteiger partial charge in [-0.2, -0.15) is 0 Å². The SMILES string of the molecule is CCCNc1ccc(COCC2CC2)cn1. The van der Waals surface area contributed by atoms with Gasteiger partial charge >= 0.3 is 0 Å². The number of rotatable bonds is 7. The molecule has 1 fully saturated rings. The fraction of sp³-hybridized carbons (Fsp3) is 0.615. The van der Waals surface area contributed by atoms with Crippen molar-refractivity contribution in [2.45, 2.75) is 32.8 Å². The zero-order valence-corrected chi connectivity index (χ0v) is 9.91. The first-order valence-corrected chi connectivity index (χ1v) is 6.15. The van der Waals surface area contributed by atoms with E-state index in [9.17, 15) is 0 Å². The molecule has 0 aliphatic heterocycles. The molecule has 0 spiro atoms. The van der Waals surface area contributed by atoms with Crippen LogP contribution in [0.3, 0.4) is 0 Å². The summed E-state index contributed by atoms with van der Waals surface area (Å²) in [6.45, 7) is 4.73. The van der Waals surface area contributed by atoms with Crippen LogP contribution < -0.4 is 5.32 Å². The van der Waals surface area contributed by atoms with Gasteiger partial charge in [0.2, 0.25) is 0 Å². The van der Waals surface area contributed by atoms with Gasteiger partial charge in [-0.15, -0.1) is 0 Å². The lowest BCUT2D eigenvalue weighted by atomic mass is 10.3. The molecule has 1 N–H and O–H groups in total. The number of nitrogens with one attached hydrogen (secondary N) is 1. The molecule has 1 aliphatic carbocycles. The minimum atomic E-state index is 0.692. The largest absolute Gasteiger partial charge is 0.376 e. The van der Waals surface area contributed by atoms with Crippen LogP contribution in [0.2, 0.25) is 0 Å². The van der Waals surface area contributed by atoms with Gasteiger partial charge in [-0.1, -0.05) is 13.0 Å². The lowest BCUT2D eigenvalue weighted by Gasteiger charge is -2.06. The predicted octanol–water partition coefficient (Wildman–Crippen LogP) is 2.83. The number of aromatic nitrogens is 1. The number of hydrogen-bond donors (Lipinski definition) is 1. The molecule has 0 aromatic carbocycles. The number of hydrogen-bond acceptors (Lipinski definition) is 3. The van der Waals surface area contributed by atoms with Crippen LogP contribution in [0.5, 0.6) is 0 Å². The third kappa shape index (κ3) is 3.81. The van der Waals surface area contributed by atoms with Crippen LogP contribution in [0, 0.1) is 5.92 Å². The van der Waals surface area contributed by atoms with Crippen molar-refractivity contribution in [3.63, 3.8) is 0 Å². The Morgan fingerprint density at radius 1 is 1.44 bits per heavy atom. The highest BCUT2D eigenvalue weighted by molar-refractivity contribution is 5.35. The molecule has 0 atom stereocenters. The maximum atomic E-state index is 5.60. The third-order valence-corrected chi connectivity index (χ3v) is 2.70. The van der Waals surface area contributed by atoms with Gasteiger partial charge < -0.3 is 10.1 Å². The standard InChI is InChI=1S/C13H20N2O/c1-2-7-14-13-6-5-12(8-15-13)10-16-9-11-3-4-11/h5-6,8,11H,2-4,7,9-10H2,1H3,(H,14,15). The lowest BCUT2D eigenvalue weighted by molar-refractivity contribution is 0.111. The van der Waals surface area contributed by atoms with Crippen molar-refractivity contribution in [1.29, 1.82) is 0 Å². The monoisotopic (exact) mass is 220 g/mol. The normalized spacial score (nSPS) is 15.1. The van der Waals surface area contributed by atoms with Gasteiger partial charge in [0.15, 0.2) is 0 Å². The lowest BCUT2D eigenvalue weighted by Crippen LogP contribution is -2.02. The van der Waals surface area contributed by atoms with Crippen molar-refractivity contribution in [2.24, 2.45) is 5.92 Å². The number of nitrogens with zero attached hydrogens (tertiary/aromatic N) is 1. The fourth-order valence-corrected chi connectivity index (χ4v) is 1.50. The summed E-state index contributed by atoms with van der Waals surface area (Å²) in [6.07, 6.45) is 5.70. The second-order valence-electron chi connectivity index (χ2n) is 4.44. The van der Waals surface area contributed by atoms with Crippen LogP contribution in [0.4, 0.5) is 5.82 Å². The molecule has 0 radical (unpaired) electrons. The molecular weight excluding hydrogens is 200 g/mol. The molecule has 88 valence electrons. The highest BCUT2D eigenvalue weighted by Crippen LogP contribution is 2.29. The zero-order chi connectivity index (χ0) is 11.2. The van der Waals surface area contributed by atoms with E-state index < -0.39 is 0 Å². The fourth-order valence-electron chi connectivity index (χ4n) is 1.50. The second kappa shape index (κ2) is 5.85. The topological polar surface area (TPSA) is 34.1 Å². The van der Waals surface area contributed by atoms with Gasteiger partial charge in [-0.05, 0) is 36.8 Å². The van der Waals surface area contributed by atoms with Crippen molar-refractivity contribution in [2.75, 3.05) is 18.5 Å². The first-order chi connectivity index (χ1) is 7.88. The minimum Gasteiger partial charge on any atom is -0.376 e. The summed E-state index contributed by atoms with van der Waals surface area (Å²) in [5.74, 6) is 1.78. The molecule has 16 heavy (non-hydrogen) atoms. The Morgan fingerprint density at radius 2 is 2.31 bits per heavy atom. The zero-order valence-electron chi connectivity index (χ0n) is 9.91. The molecule has 3 heteroatoms. The van der Waals surface area contributed by atoms with Gasteiger partial charge in [0.25, 0.3) is 0 Å². The van der Waals surface area contributed by atoms with E-state index in [1.807, 2.05) is 12.3 Å². The van der Waals surface area contributed by atoms with Crippen LogP contribution >= 0.6 is 0 Å². The van der Waals surface area contributed by atoms with Crippen molar-refractivity contribution in [3.05, 3.63) is 23.9 Å². The Kier molecular flexibility index (Phi) is 4.17. The van der Waals surface area contributed by atoms with Crippen LogP contribution in [-0.4, -0.2) is 18.1 Å². The maximum absolute atomic E-state index is 5.60. The molecule has 0 unspecified atom stereocenters. The Bertz CT molecular complexity index is 306. The summed E-state index contributed by atoms with van der Waals surface area (Å²) < 4.78 is 5.60. The van der Waals surface area contributed by atoms with Gasteiger partial charge in [0.05, 0.1) is 6.61 Å². The average Bonchev–Trinajstić information content (AvgIpc) is 3.12. The van der Waals surface area contributed by atoms with Gasteiger partial charge in [0, 0.05) is 19.3 Å². The third-order valence-electron chi connectivity index (χ3n) is 2.70. The molecule has 0 amide bonds. The molecular formula is C13H20N2O. The van der Waals surface area contributed by atoms with Gasteiger partial charge in [-0.25, -0.2) is 4.98 Å². The number of pyridine rings is 1. The Hall–Kier alpha value is -1.09. The summed E-state index contributed by atoms with van der Waals surface area (Å²) in [7, 11) is 0. The van der Waals surface area contributed by atoms with Crippen LogP contribution in [0.25, 0.3) is 0 Å². The van der Waals surface area contributed by atoms with Crippen LogP contribution in [-0.2, 0) is 11.3 Å². The summed E-state index contributed by atoms with van der Waals surface area (Å²) >= 11 is 0. The van der Waals surface area contributed by atoms with E-state index >= 15 is 0 Å². The van der Waals surface area contributed by atoms with Gasteiger partial charge in [0.1, 0.15) is 5.82 Å². The molecule has 1 aromatic heterocycles. The first kappa shape index (κ1) is 11.4. The summed E-state index contributed by atoms with van der Waals surface area (Å²) in [5.41, 5.74) is 1.16. The molecule has 1 heterocycles. The highest BCUT2D eigenvalue weighted by Gasteiger charge is 2.20. The maximum Gasteiger partial charge on any atom is 0.125 e. The van der Waals surface area contributed by atoms with Gasteiger partial charge in [-0.3, -0.25) is 0 Å². The van der Waals surface area contributed by atoms with Crippen molar-refractivity contribution in [3.8, 4) is 0 Å². The Labute approximate surface area is 97.2 Å². The Morgan fingerprint density at radius 3 is 2.94 bits per heavy atom. The predicted molar refractivity (Wildman–Crippen MR) is 65.4 cm³/mol. The van der Waals surface area contributed by atoms with Crippen LogP contribution in [0.15, 0.2) is 18.3 Å². The molecule has 1 saturated carbocycles.